The van der Waals surface area contributed by atoms with E-state index in [9.17, 15) is 4.79 Å². The molecule has 6 heteroatoms. The lowest BCUT2D eigenvalue weighted by Gasteiger charge is -2.07. The maximum Gasteiger partial charge on any atom is 0.256 e. The van der Waals surface area contributed by atoms with E-state index in [4.69, 9.17) is 0 Å². The van der Waals surface area contributed by atoms with Crippen LogP contribution in [0.4, 0.5) is 5.69 Å². The van der Waals surface area contributed by atoms with Crippen LogP contribution in [0.1, 0.15) is 10.4 Å². The average Bonchev–Trinajstić information content (AvgIpc) is 2.89. The molecule has 20 heavy (non-hydrogen) atoms. The number of hydrogen-bond donors (Lipinski definition) is 1. The molecule has 1 amide bonds. The molecule has 0 aliphatic heterocycles. The Hall–Kier alpha value is -0.990. The van der Waals surface area contributed by atoms with E-state index in [1.807, 2.05) is 36.4 Å². The molecule has 0 unspecified atom stereocenters. The van der Waals surface area contributed by atoms with E-state index in [2.05, 4.69) is 48.8 Å². The lowest BCUT2D eigenvalue weighted by Crippen LogP contribution is -2.12. The fourth-order valence-corrected chi connectivity index (χ4v) is 3.44. The molecular formula is C14H8BrIN2OS. The van der Waals surface area contributed by atoms with Gasteiger partial charge in [-0.05, 0) is 74.9 Å². The first-order valence-electron chi connectivity index (χ1n) is 5.73. The topological polar surface area (TPSA) is 42.0 Å². The Morgan fingerprint density at radius 1 is 1.25 bits per heavy atom. The number of nitrogens with zero attached hydrogens (tertiary/aromatic N) is 1. The number of benzene rings is 2. The van der Waals surface area contributed by atoms with Crippen molar-refractivity contribution in [2.45, 2.75) is 0 Å². The van der Waals surface area contributed by atoms with E-state index < -0.39 is 0 Å². The van der Waals surface area contributed by atoms with Crippen LogP contribution in [0, 0.1) is 3.57 Å². The Morgan fingerprint density at radius 3 is 2.95 bits per heavy atom. The van der Waals surface area contributed by atoms with E-state index in [-0.39, 0.29) is 5.91 Å². The summed E-state index contributed by atoms with van der Waals surface area (Å²) in [5.41, 5.74) is 4.15. The van der Waals surface area contributed by atoms with Gasteiger partial charge in [0.25, 0.3) is 5.91 Å². The molecule has 3 aromatic rings. The van der Waals surface area contributed by atoms with Crippen LogP contribution in [0.2, 0.25) is 0 Å². The number of anilines is 1. The molecule has 1 aromatic heterocycles. The SMILES string of the molecule is O=C(Nc1ccc2ncsc2c1)c1cc(I)ccc1Br. The molecule has 2 aromatic carbocycles. The molecule has 0 spiro atoms. The minimum Gasteiger partial charge on any atom is -0.322 e. The van der Waals surface area contributed by atoms with Crippen molar-refractivity contribution in [2.75, 3.05) is 5.32 Å². The zero-order chi connectivity index (χ0) is 14.1. The molecule has 3 rings (SSSR count). The molecule has 0 saturated heterocycles. The van der Waals surface area contributed by atoms with Crippen LogP contribution in [-0.4, -0.2) is 10.9 Å². The first kappa shape index (κ1) is 14.0. The summed E-state index contributed by atoms with van der Waals surface area (Å²) in [7, 11) is 0. The van der Waals surface area contributed by atoms with E-state index in [1.54, 1.807) is 16.8 Å². The highest BCUT2D eigenvalue weighted by Crippen LogP contribution is 2.24. The second-order valence-electron chi connectivity index (χ2n) is 4.11. The largest absolute Gasteiger partial charge is 0.322 e. The standard InChI is InChI=1S/C14H8BrIN2OS/c15-11-3-1-8(16)5-10(11)14(19)18-9-2-4-12-13(6-9)20-7-17-12/h1-7H,(H,18,19). The van der Waals surface area contributed by atoms with Crippen molar-refractivity contribution < 1.29 is 4.79 Å². The van der Waals surface area contributed by atoms with E-state index in [0.717, 1.165) is 23.9 Å². The zero-order valence-corrected chi connectivity index (χ0v) is 14.6. The Morgan fingerprint density at radius 2 is 2.10 bits per heavy atom. The maximum absolute atomic E-state index is 12.3. The van der Waals surface area contributed by atoms with Crippen molar-refractivity contribution in [3.63, 3.8) is 0 Å². The summed E-state index contributed by atoms with van der Waals surface area (Å²) >= 11 is 7.15. The minimum absolute atomic E-state index is 0.126. The third-order valence-corrected chi connectivity index (χ3v) is 4.92. The van der Waals surface area contributed by atoms with Crippen LogP contribution in [0.5, 0.6) is 0 Å². The predicted octanol–water partition coefficient (Wildman–Crippen LogP) is 4.92. The highest BCUT2D eigenvalue weighted by molar-refractivity contribution is 14.1. The first-order valence-corrected chi connectivity index (χ1v) is 8.48. The minimum atomic E-state index is -0.126. The molecule has 0 saturated carbocycles. The lowest BCUT2D eigenvalue weighted by atomic mass is 10.2. The van der Waals surface area contributed by atoms with Crippen LogP contribution in [0.3, 0.4) is 0 Å². The van der Waals surface area contributed by atoms with Gasteiger partial charge in [0.15, 0.2) is 0 Å². The molecule has 100 valence electrons. The fraction of sp³-hybridized carbons (Fsp3) is 0. The van der Waals surface area contributed by atoms with Gasteiger partial charge in [0.1, 0.15) is 0 Å². The maximum atomic E-state index is 12.3. The summed E-state index contributed by atoms with van der Waals surface area (Å²) in [6, 6.07) is 11.4. The second-order valence-corrected chi connectivity index (χ2v) is 7.10. The number of rotatable bonds is 2. The second kappa shape index (κ2) is 5.79. The number of amides is 1. The van der Waals surface area contributed by atoms with Gasteiger partial charge in [-0.15, -0.1) is 11.3 Å². The highest BCUT2D eigenvalue weighted by Gasteiger charge is 2.11. The van der Waals surface area contributed by atoms with Crippen LogP contribution in [0.25, 0.3) is 10.2 Å². The van der Waals surface area contributed by atoms with Crippen LogP contribution in [0.15, 0.2) is 46.4 Å². The molecule has 0 aliphatic carbocycles. The van der Waals surface area contributed by atoms with Gasteiger partial charge in [-0.25, -0.2) is 4.98 Å². The molecular weight excluding hydrogens is 451 g/mol. The molecule has 0 fully saturated rings. The molecule has 0 aliphatic rings. The summed E-state index contributed by atoms with van der Waals surface area (Å²) < 4.78 is 2.87. The third kappa shape index (κ3) is 2.87. The Labute approximate surface area is 141 Å². The number of hydrogen-bond acceptors (Lipinski definition) is 3. The van der Waals surface area contributed by atoms with Gasteiger partial charge < -0.3 is 5.32 Å². The van der Waals surface area contributed by atoms with E-state index >= 15 is 0 Å². The summed E-state index contributed by atoms with van der Waals surface area (Å²) in [5.74, 6) is -0.126. The van der Waals surface area contributed by atoms with E-state index in [0.29, 0.717) is 5.56 Å². The van der Waals surface area contributed by atoms with Crippen LogP contribution in [-0.2, 0) is 0 Å². The first-order chi connectivity index (χ1) is 9.63. The number of fused-ring (bicyclic) bond motifs is 1. The summed E-state index contributed by atoms with van der Waals surface area (Å²) in [5, 5.41) is 2.91. The van der Waals surface area contributed by atoms with Crippen LogP contribution >= 0.6 is 49.9 Å². The molecule has 0 atom stereocenters. The van der Waals surface area contributed by atoms with E-state index in [1.165, 1.54) is 0 Å². The monoisotopic (exact) mass is 458 g/mol. The number of nitrogens with one attached hydrogen (secondary N) is 1. The average molecular weight is 459 g/mol. The van der Waals surface area contributed by atoms with Gasteiger partial charge in [-0.1, -0.05) is 0 Å². The van der Waals surface area contributed by atoms with Crippen molar-refractivity contribution >= 4 is 71.7 Å². The van der Waals surface area contributed by atoms with Crippen molar-refractivity contribution in [1.29, 1.82) is 0 Å². The molecule has 0 bridgehead atoms. The Bertz CT molecular complexity index is 803. The Balaban J connectivity index is 1.89. The van der Waals surface area contributed by atoms with Gasteiger partial charge in [0.05, 0.1) is 21.3 Å². The number of halogens is 2. The number of aromatic nitrogens is 1. The molecule has 0 radical (unpaired) electrons. The van der Waals surface area contributed by atoms with Crippen molar-refractivity contribution in [1.82, 2.24) is 4.98 Å². The smallest absolute Gasteiger partial charge is 0.256 e. The van der Waals surface area contributed by atoms with Gasteiger partial charge >= 0.3 is 0 Å². The summed E-state index contributed by atoms with van der Waals surface area (Å²) in [4.78, 5) is 16.5. The van der Waals surface area contributed by atoms with Gasteiger partial charge in [-0.2, -0.15) is 0 Å². The van der Waals surface area contributed by atoms with Crippen molar-refractivity contribution in [3.8, 4) is 0 Å². The summed E-state index contributed by atoms with van der Waals surface area (Å²) in [6.07, 6.45) is 0. The summed E-state index contributed by atoms with van der Waals surface area (Å²) in [6.45, 7) is 0. The number of thiazole rings is 1. The molecule has 1 heterocycles. The number of carbonyl (C=O) groups excluding carboxylic acids is 1. The quantitative estimate of drug-likeness (QED) is 0.554. The van der Waals surface area contributed by atoms with Crippen LogP contribution < -0.4 is 5.32 Å². The fourth-order valence-electron chi connectivity index (χ4n) is 1.80. The third-order valence-electron chi connectivity index (χ3n) is 2.76. The zero-order valence-electron chi connectivity index (χ0n) is 10.1. The predicted molar refractivity (Wildman–Crippen MR) is 94.4 cm³/mol. The van der Waals surface area contributed by atoms with Gasteiger partial charge in [0.2, 0.25) is 0 Å². The van der Waals surface area contributed by atoms with Crippen molar-refractivity contribution in [3.05, 3.63) is 55.5 Å². The Kier molecular flexibility index (Phi) is 4.04. The normalized spacial score (nSPS) is 10.7. The molecule has 1 N–H and O–H groups in total. The number of carbonyl (C=O) groups is 1. The highest BCUT2D eigenvalue weighted by atomic mass is 127. The lowest BCUT2D eigenvalue weighted by molar-refractivity contribution is 0.102. The van der Waals surface area contributed by atoms with Gasteiger partial charge in [-0.3, -0.25) is 4.79 Å². The molecule has 3 nitrogen and oxygen atoms in total. The van der Waals surface area contributed by atoms with Crippen molar-refractivity contribution in [2.24, 2.45) is 0 Å². The van der Waals surface area contributed by atoms with Gasteiger partial charge in [0, 0.05) is 13.7 Å².